The third-order valence-corrected chi connectivity index (χ3v) is 4.10. The van der Waals surface area contributed by atoms with Gasteiger partial charge in [-0.25, -0.2) is 4.98 Å². The first-order valence-electron chi connectivity index (χ1n) is 6.96. The molecule has 5 heteroatoms. The van der Waals surface area contributed by atoms with Crippen LogP contribution in [0, 0.1) is 5.41 Å². The normalized spacial score (nSPS) is 18.1. The molecule has 0 atom stereocenters. The fraction of sp³-hybridized carbons (Fsp3) is 0.467. The summed E-state index contributed by atoms with van der Waals surface area (Å²) in [6, 6.07) is 1.82. The van der Waals surface area contributed by atoms with Gasteiger partial charge in [-0.15, -0.1) is 0 Å². The second kappa shape index (κ2) is 5.25. The van der Waals surface area contributed by atoms with Crippen molar-refractivity contribution in [2.45, 2.75) is 26.3 Å². The van der Waals surface area contributed by atoms with Crippen molar-refractivity contribution in [1.29, 1.82) is 0 Å². The van der Waals surface area contributed by atoms with E-state index in [0.29, 0.717) is 0 Å². The Morgan fingerprint density at radius 2 is 2.10 bits per heavy atom. The summed E-state index contributed by atoms with van der Waals surface area (Å²) in [6.45, 7) is 4.93. The van der Waals surface area contributed by atoms with Crippen molar-refractivity contribution >= 4 is 5.69 Å². The Bertz CT molecular complexity index is 587. The largest absolute Gasteiger partial charge is 0.398 e. The van der Waals surface area contributed by atoms with Gasteiger partial charge < -0.3 is 15.0 Å². The Morgan fingerprint density at radius 3 is 2.85 bits per heavy atom. The van der Waals surface area contributed by atoms with E-state index in [2.05, 4.69) is 21.5 Å². The number of nitrogens with two attached hydrogens (primary N) is 1. The third-order valence-electron chi connectivity index (χ3n) is 4.10. The van der Waals surface area contributed by atoms with Crippen LogP contribution >= 0.6 is 0 Å². The van der Waals surface area contributed by atoms with Crippen molar-refractivity contribution in [3.63, 3.8) is 0 Å². The number of hydrogen-bond acceptors (Lipinski definition) is 4. The molecule has 0 bridgehead atoms. The highest BCUT2D eigenvalue weighted by molar-refractivity contribution is 5.72. The molecule has 1 fully saturated rings. The monoisotopic (exact) mass is 272 g/mol. The molecule has 0 radical (unpaired) electrons. The van der Waals surface area contributed by atoms with Gasteiger partial charge >= 0.3 is 0 Å². The maximum Gasteiger partial charge on any atom is 0.0951 e. The van der Waals surface area contributed by atoms with E-state index in [4.69, 9.17) is 10.5 Å². The average molecular weight is 272 g/mol. The molecule has 0 unspecified atom stereocenters. The van der Waals surface area contributed by atoms with E-state index >= 15 is 0 Å². The van der Waals surface area contributed by atoms with Gasteiger partial charge in [0, 0.05) is 43.4 Å². The van der Waals surface area contributed by atoms with Crippen LogP contribution < -0.4 is 5.73 Å². The van der Waals surface area contributed by atoms with Gasteiger partial charge in [0.15, 0.2) is 0 Å². The number of hydrogen-bond donors (Lipinski definition) is 1. The fourth-order valence-electron chi connectivity index (χ4n) is 2.72. The molecule has 0 aliphatic carbocycles. The molecule has 5 nitrogen and oxygen atoms in total. The van der Waals surface area contributed by atoms with Gasteiger partial charge in [-0.3, -0.25) is 4.98 Å². The summed E-state index contributed by atoms with van der Waals surface area (Å²) in [7, 11) is 0. The Balaban J connectivity index is 1.89. The molecule has 3 heterocycles. The predicted molar refractivity (Wildman–Crippen MR) is 78.0 cm³/mol. The molecule has 0 aromatic carbocycles. The molecule has 0 saturated carbocycles. The lowest BCUT2D eigenvalue weighted by atomic mass is 9.82. The SMILES string of the molecule is CC1(Cn2cncc2-c2cnccc2N)CCOCC1. The number of nitrogen functional groups attached to an aromatic ring is 1. The lowest BCUT2D eigenvalue weighted by Gasteiger charge is -2.34. The molecule has 2 aromatic heterocycles. The summed E-state index contributed by atoms with van der Waals surface area (Å²) in [5, 5.41) is 0. The van der Waals surface area contributed by atoms with Crippen LogP contribution in [-0.2, 0) is 11.3 Å². The van der Waals surface area contributed by atoms with Crippen molar-refractivity contribution in [2.24, 2.45) is 5.41 Å². The summed E-state index contributed by atoms with van der Waals surface area (Å²) in [6.07, 6.45) is 9.40. The van der Waals surface area contributed by atoms with Crippen LogP contribution in [0.1, 0.15) is 19.8 Å². The van der Waals surface area contributed by atoms with E-state index in [1.54, 1.807) is 12.4 Å². The van der Waals surface area contributed by atoms with Crippen molar-refractivity contribution in [3.05, 3.63) is 31.0 Å². The van der Waals surface area contributed by atoms with E-state index in [1.807, 2.05) is 18.6 Å². The molecule has 3 rings (SSSR count). The molecule has 2 aromatic rings. The highest BCUT2D eigenvalue weighted by Crippen LogP contribution is 2.34. The molecule has 2 N–H and O–H groups in total. The van der Waals surface area contributed by atoms with E-state index in [0.717, 1.165) is 49.5 Å². The van der Waals surface area contributed by atoms with E-state index in [9.17, 15) is 0 Å². The summed E-state index contributed by atoms with van der Waals surface area (Å²) < 4.78 is 7.64. The maximum atomic E-state index is 6.05. The first-order chi connectivity index (χ1) is 9.68. The first-order valence-corrected chi connectivity index (χ1v) is 6.96. The Labute approximate surface area is 118 Å². The zero-order chi connectivity index (χ0) is 14.0. The molecule has 1 aliphatic heterocycles. The average Bonchev–Trinajstić information content (AvgIpc) is 2.87. The number of imidazole rings is 1. The highest BCUT2D eigenvalue weighted by Gasteiger charge is 2.28. The molecule has 106 valence electrons. The van der Waals surface area contributed by atoms with Gasteiger partial charge in [0.05, 0.1) is 18.2 Å². The van der Waals surface area contributed by atoms with Crippen LogP contribution in [0.4, 0.5) is 5.69 Å². The van der Waals surface area contributed by atoms with Gasteiger partial charge in [0.25, 0.3) is 0 Å². The van der Waals surface area contributed by atoms with E-state index in [-0.39, 0.29) is 5.41 Å². The summed E-state index contributed by atoms with van der Waals surface area (Å²) >= 11 is 0. The summed E-state index contributed by atoms with van der Waals surface area (Å²) in [5.74, 6) is 0. The maximum absolute atomic E-state index is 6.05. The number of ether oxygens (including phenoxy) is 1. The van der Waals surface area contributed by atoms with Gasteiger partial charge in [-0.1, -0.05) is 6.92 Å². The van der Waals surface area contributed by atoms with Crippen LogP contribution in [0.5, 0.6) is 0 Å². The first kappa shape index (κ1) is 13.1. The van der Waals surface area contributed by atoms with Crippen molar-refractivity contribution in [2.75, 3.05) is 18.9 Å². The van der Waals surface area contributed by atoms with Gasteiger partial charge in [-0.2, -0.15) is 0 Å². The zero-order valence-corrected chi connectivity index (χ0v) is 11.7. The Kier molecular flexibility index (Phi) is 3.44. The molecule has 20 heavy (non-hydrogen) atoms. The molecular weight excluding hydrogens is 252 g/mol. The van der Waals surface area contributed by atoms with E-state index < -0.39 is 0 Å². The zero-order valence-electron chi connectivity index (χ0n) is 11.7. The second-order valence-electron chi connectivity index (χ2n) is 5.79. The highest BCUT2D eigenvalue weighted by atomic mass is 16.5. The number of aromatic nitrogens is 3. The Morgan fingerprint density at radius 1 is 1.30 bits per heavy atom. The minimum absolute atomic E-state index is 0.255. The van der Waals surface area contributed by atoms with Crippen molar-refractivity contribution < 1.29 is 4.74 Å². The van der Waals surface area contributed by atoms with Gasteiger partial charge in [0.2, 0.25) is 0 Å². The van der Waals surface area contributed by atoms with Crippen molar-refractivity contribution in [1.82, 2.24) is 14.5 Å². The molecule has 0 amide bonds. The lowest BCUT2D eigenvalue weighted by Crippen LogP contribution is -2.31. The molecule has 1 saturated heterocycles. The predicted octanol–water partition coefficient (Wildman–Crippen LogP) is 2.34. The van der Waals surface area contributed by atoms with Crippen LogP contribution in [0.25, 0.3) is 11.3 Å². The number of anilines is 1. The van der Waals surface area contributed by atoms with Crippen LogP contribution in [-0.4, -0.2) is 27.7 Å². The molecular formula is C15H20N4O. The quantitative estimate of drug-likeness (QED) is 0.931. The molecule has 0 spiro atoms. The standard InChI is InChI=1S/C15H20N4O/c1-15(3-6-20-7-4-15)10-19-11-18-9-14(19)12-8-17-5-2-13(12)16/h2,5,8-9,11H,3-4,6-7,10H2,1H3,(H2,16,17). The topological polar surface area (TPSA) is 66.0 Å². The number of pyridine rings is 1. The number of rotatable bonds is 3. The summed E-state index contributed by atoms with van der Waals surface area (Å²) in [5.41, 5.74) is 9.01. The van der Waals surface area contributed by atoms with E-state index in [1.165, 1.54) is 0 Å². The van der Waals surface area contributed by atoms with Crippen LogP contribution in [0.2, 0.25) is 0 Å². The second-order valence-corrected chi connectivity index (χ2v) is 5.79. The van der Waals surface area contributed by atoms with Gasteiger partial charge in [-0.05, 0) is 24.3 Å². The lowest BCUT2D eigenvalue weighted by molar-refractivity contribution is 0.0157. The summed E-state index contributed by atoms with van der Waals surface area (Å²) in [4.78, 5) is 8.45. The minimum atomic E-state index is 0.255. The number of nitrogens with zero attached hydrogens (tertiary/aromatic N) is 3. The van der Waals surface area contributed by atoms with Crippen LogP contribution in [0.15, 0.2) is 31.0 Å². The molecule has 1 aliphatic rings. The van der Waals surface area contributed by atoms with Crippen molar-refractivity contribution in [3.8, 4) is 11.3 Å². The fourth-order valence-corrected chi connectivity index (χ4v) is 2.72. The third kappa shape index (κ3) is 2.54. The van der Waals surface area contributed by atoms with Gasteiger partial charge in [0.1, 0.15) is 0 Å². The Hall–Kier alpha value is -1.88. The minimum Gasteiger partial charge on any atom is -0.398 e. The smallest absolute Gasteiger partial charge is 0.0951 e. The van der Waals surface area contributed by atoms with Crippen LogP contribution in [0.3, 0.4) is 0 Å².